The van der Waals surface area contributed by atoms with Crippen molar-refractivity contribution in [1.29, 1.82) is 0 Å². The van der Waals surface area contributed by atoms with Gasteiger partial charge in [-0.05, 0) is 81.4 Å². The smallest absolute Gasteiger partial charge is 0.0540 e. The second kappa shape index (κ2) is 10.8. The molecule has 1 aliphatic rings. The Morgan fingerprint density at radius 1 is 0.447 bits per heavy atom. The predicted molar refractivity (Wildman–Crippen MR) is 202 cm³/mol. The van der Waals surface area contributed by atoms with Crippen LogP contribution in [0.15, 0.2) is 164 Å². The van der Waals surface area contributed by atoms with Crippen molar-refractivity contribution in [2.24, 2.45) is 0 Å². The maximum atomic E-state index is 2.40. The van der Waals surface area contributed by atoms with Gasteiger partial charge in [0.2, 0.25) is 0 Å². The van der Waals surface area contributed by atoms with E-state index >= 15 is 0 Å². The molecule has 0 saturated heterocycles. The van der Waals surface area contributed by atoms with Gasteiger partial charge in [-0.1, -0.05) is 135 Å². The van der Waals surface area contributed by atoms with Gasteiger partial charge in [0.05, 0.1) is 5.69 Å². The van der Waals surface area contributed by atoms with Gasteiger partial charge < -0.3 is 4.90 Å². The van der Waals surface area contributed by atoms with Gasteiger partial charge in [0.25, 0.3) is 0 Å². The van der Waals surface area contributed by atoms with Crippen molar-refractivity contribution in [3.63, 3.8) is 0 Å². The fraction of sp³-hybridized carbons (Fsp3) is 0.0667. The second-order valence-corrected chi connectivity index (χ2v) is 14.0. The van der Waals surface area contributed by atoms with Crippen LogP contribution in [0.25, 0.3) is 53.6 Å². The van der Waals surface area contributed by atoms with Gasteiger partial charge in [-0.15, -0.1) is 11.3 Å². The Kier molecular flexibility index (Phi) is 6.41. The van der Waals surface area contributed by atoms with Crippen LogP contribution in [0.3, 0.4) is 0 Å². The van der Waals surface area contributed by atoms with Crippen molar-refractivity contribution in [2.45, 2.75) is 19.3 Å². The number of benzene rings is 7. The van der Waals surface area contributed by atoms with Gasteiger partial charge >= 0.3 is 0 Å². The molecule has 0 radical (unpaired) electrons. The summed E-state index contributed by atoms with van der Waals surface area (Å²) in [4.78, 5) is 2.39. The summed E-state index contributed by atoms with van der Waals surface area (Å²) in [6, 6.07) is 60.0. The first-order valence-electron chi connectivity index (χ1n) is 16.3. The molecule has 0 unspecified atom stereocenters. The number of hydrogen-bond donors (Lipinski definition) is 0. The predicted octanol–water partition coefficient (Wildman–Crippen LogP) is 13.2. The molecule has 1 aliphatic carbocycles. The second-order valence-electron chi connectivity index (χ2n) is 12.9. The third-order valence-corrected chi connectivity index (χ3v) is 11.1. The molecular formula is C45H33NS. The minimum absolute atomic E-state index is 0.0119. The normalized spacial score (nSPS) is 13.1. The third-order valence-electron chi connectivity index (χ3n) is 9.89. The van der Waals surface area contributed by atoms with E-state index in [1.165, 1.54) is 64.7 Å². The molecule has 7 aromatic carbocycles. The highest BCUT2D eigenvalue weighted by Crippen LogP contribution is 2.50. The highest BCUT2D eigenvalue weighted by molar-refractivity contribution is 7.26. The fourth-order valence-electron chi connectivity index (χ4n) is 7.57. The lowest BCUT2D eigenvalue weighted by molar-refractivity contribution is 0.660. The fourth-order valence-corrected chi connectivity index (χ4v) is 8.81. The van der Waals surface area contributed by atoms with E-state index in [0.717, 1.165) is 17.1 Å². The summed E-state index contributed by atoms with van der Waals surface area (Å²) in [6.45, 7) is 4.68. The van der Waals surface area contributed by atoms with E-state index in [0.29, 0.717) is 0 Å². The summed E-state index contributed by atoms with van der Waals surface area (Å²) in [6.07, 6.45) is 0. The Bertz CT molecular complexity index is 2430. The maximum Gasteiger partial charge on any atom is 0.0540 e. The highest BCUT2D eigenvalue weighted by atomic mass is 32.1. The van der Waals surface area contributed by atoms with Crippen LogP contribution < -0.4 is 4.90 Å². The molecule has 0 N–H and O–H groups in total. The summed E-state index contributed by atoms with van der Waals surface area (Å²) in [5.74, 6) is 0. The van der Waals surface area contributed by atoms with Crippen LogP contribution in [0.5, 0.6) is 0 Å². The van der Waals surface area contributed by atoms with Gasteiger partial charge in [0, 0.05) is 42.5 Å². The zero-order valence-electron chi connectivity index (χ0n) is 26.4. The summed E-state index contributed by atoms with van der Waals surface area (Å²) in [5, 5.41) is 2.66. The number of para-hydroxylation sites is 2. The Morgan fingerprint density at radius 3 is 1.91 bits per heavy atom. The van der Waals surface area contributed by atoms with Crippen molar-refractivity contribution >= 4 is 48.6 Å². The quantitative estimate of drug-likeness (QED) is 0.185. The summed E-state index contributed by atoms with van der Waals surface area (Å²) >= 11 is 1.88. The number of thiophene rings is 1. The van der Waals surface area contributed by atoms with E-state index in [-0.39, 0.29) is 5.41 Å². The largest absolute Gasteiger partial charge is 0.310 e. The molecule has 0 saturated carbocycles. The molecule has 1 aromatic heterocycles. The molecule has 0 spiro atoms. The van der Waals surface area contributed by atoms with Gasteiger partial charge in [0.1, 0.15) is 0 Å². The molecule has 0 aliphatic heterocycles. The Morgan fingerprint density at radius 2 is 1.06 bits per heavy atom. The molecule has 8 aromatic rings. The van der Waals surface area contributed by atoms with Crippen molar-refractivity contribution in [3.05, 3.63) is 175 Å². The van der Waals surface area contributed by atoms with Crippen molar-refractivity contribution < 1.29 is 0 Å². The first-order chi connectivity index (χ1) is 23.1. The van der Waals surface area contributed by atoms with E-state index in [4.69, 9.17) is 0 Å². The summed E-state index contributed by atoms with van der Waals surface area (Å²) in [7, 11) is 0. The molecular weight excluding hydrogens is 587 g/mol. The highest BCUT2D eigenvalue weighted by Gasteiger charge is 2.35. The maximum absolute atomic E-state index is 2.40. The SMILES string of the molecule is CC1(C)c2ccccc2-c2cc(-c3ccccc3N(c3ccccc3)c3ccc(-c4cccc5c4sc4ccccc45)cc3)ccc21. The Hall–Kier alpha value is -5.44. The molecule has 0 atom stereocenters. The molecule has 0 bridgehead atoms. The number of fused-ring (bicyclic) bond motifs is 6. The third kappa shape index (κ3) is 4.44. The number of hydrogen-bond acceptors (Lipinski definition) is 2. The van der Waals surface area contributed by atoms with E-state index in [1.807, 2.05) is 11.3 Å². The molecule has 1 nitrogen and oxygen atoms in total. The molecule has 47 heavy (non-hydrogen) atoms. The van der Waals surface area contributed by atoms with Crippen LogP contribution in [0.2, 0.25) is 0 Å². The minimum atomic E-state index is -0.0119. The first kappa shape index (κ1) is 27.8. The zero-order valence-corrected chi connectivity index (χ0v) is 27.3. The molecule has 9 rings (SSSR count). The molecule has 2 heteroatoms. The van der Waals surface area contributed by atoms with Gasteiger partial charge in [-0.2, -0.15) is 0 Å². The lowest BCUT2D eigenvalue weighted by Crippen LogP contribution is -2.14. The van der Waals surface area contributed by atoms with Crippen molar-refractivity contribution in [2.75, 3.05) is 4.90 Å². The topological polar surface area (TPSA) is 3.24 Å². The Balaban J connectivity index is 1.17. The lowest BCUT2D eigenvalue weighted by atomic mass is 9.82. The average Bonchev–Trinajstić information content (AvgIpc) is 3.62. The van der Waals surface area contributed by atoms with Gasteiger partial charge in [0.15, 0.2) is 0 Å². The summed E-state index contributed by atoms with van der Waals surface area (Å²) in [5.41, 5.74) is 13.8. The number of anilines is 3. The van der Waals surface area contributed by atoms with Crippen molar-refractivity contribution in [1.82, 2.24) is 0 Å². The van der Waals surface area contributed by atoms with Crippen LogP contribution in [0, 0.1) is 0 Å². The van der Waals surface area contributed by atoms with Crippen LogP contribution in [-0.2, 0) is 5.41 Å². The number of nitrogens with zero attached hydrogens (tertiary/aromatic N) is 1. The molecule has 1 heterocycles. The first-order valence-corrected chi connectivity index (χ1v) is 17.1. The standard InChI is InChI=1S/C45H33NS/c1-45(2)40-20-9-6-16-36(40)39-29-31(25-28-41(39)45)34-15-7-10-21-42(34)46(32-13-4-3-5-14-32)33-26-23-30(24-27-33)35-18-12-19-38-37-17-8-11-22-43(37)47-44(35)38/h3-29H,1-2H3. The van der Waals surface area contributed by atoms with E-state index < -0.39 is 0 Å². The molecule has 224 valence electrons. The van der Waals surface area contributed by atoms with Gasteiger partial charge in [-0.3, -0.25) is 0 Å². The van der Waals surface area contributed by atoms with E-state index in [2.05, 4.69) is 183 Å². The monoisotopic (exact) mass is 619 g/mol. The average molecular weight is 620 g/mol. The van der Waals surface area contributed by atoms with Crippen LogP contribution >= 0.6 is 11.3 Å². The van der Waals surface area contributed by atoms with E-state index in [9.17, 15) is 0 Å². The zero-order chi connectivity index (χ0) is 31.5. The number of rotatable bonds is 5. The van der Waals surface area contributed by atoms with Crippen molar-refractivity contribution in [3.8, 4) is 33.4 Å². The van der Waals surface area contributed by atoms with Crippen LogP contribution in [0.4, 0.5) is 17.1 Å². The van der Waals surface area contributed by atoms with Crippen LogP contribution in [0.1, 0.15) is 25.0 Å². The lowest BCUT2D eigenvalue weighted by Gasteiger charge is -2.28. The summed E-state index contributed by atoms with van der Waals surface area (Å²) < 4.78 is 2.67. The molecule has 0 amide bonds. The molecule has 0 fully saturated rings. The minimum Gasteiger partial charge on any atom is -0.310 e. The van der Waals surface area contributed by atoms with E-state index in [1.54, 1.807) is 0 Å². The van der Waals surface area contributed by atoms with Crippen LogP contribution in [-0.4, -0.2) is 0 Å². The Labute approximate surface area is 280 Å². The van der Waals surface area contributed by atoms with Gasteiger partial charge in [-0.25, -0.2) is 0 Å².